The SMILES string of the molecule is C=CC(=O)N1CC[C@H](C(=O)N(C)[C@H](C(=O)N[C@H]2Cc3cccc(c3)-c3ccc4c(c3)c(c(-c3c([C@H](C)OC)ccnc3C)n4CC)CC(C)(C)COC(=O)[C@@H]3CCCN(N3)C2=O)C(C)C)C1. The van der Waals surface area contributed by atoms with Gasteiger partial charge in [-0.15, -0.1) is 0 Å². The third-order valence-corrected chi connectivity index (χ3v) is 13.7. The Morgan fingerprint density at radius 2 is 1.83 bits per heavy atom. The summed E-state index contributed by atoms with van der Waals surface area (Å²) in [4.78, 5) is 77.2. The Labute approximate surface area is 389 Å². The third-order valence-electron chi connectivity index (χ3n) is 13.7. The first-order valence-electron chi connectivity index (χ1n) is 23.4. The van der Waals surface area contributed by atoms with Crippen LogP contribution in [0, 0.1) is 24.2 Å². The van der Waals surface area contributed by atoms with Gasteiger partial charge >= 0.3 is 5.97 Å². The lowest BCUT2D eigenvalue weighted by Gasteiger charge is -2.37. The van der Waals surface area contributed by atoms with Crippen molar-refractivity contribution in [1.29, 1.82) is 0 Å². The van der Waals surface area contributed by atoms with E-state index in [0.29, 0.717) is 45.3 Å². The molecular formula is C52H67N7O7. The lowest BCUT2D eigenvalue weighted by atomic mass is 9.83. The van der Waals surface area contributed by atoms with Gasteiger partial charge in [-0.3, -0.25) is 34.0 Å². The van der Waals surface area contributed by atoms with Gasteiger partial charge in [0.25, 0.3) is 5.91 Å². The number of likely N-dealkylation sites (N-methyl/N-ethyl adjacent to an activating group) is 1. The highest BCUT2D eigenvalue weighted by Gasteiger charge is 2.40. The van der Waals surface area contributed by atoms with E-state index in [1.165, 1.54) is 16.0 Å². The lowest BCUT2D eigenvalue weighted by molar-refractivity contribution is -0.155. The van der Waals surface area contributed by atoms with Crippen LogP contribution in [0.2, 0.25) is 0 Å². The molecule has 352 valence electrons. The summed E-state index contributed by atoms with van der Waals surface area (Å²) in [5, 5.41) is 5.58. The van der Waals surface area contributed by atoms with Crippen molar-refractivity contribution < 1.29 is 33.4 Å². The molecule has 7 rings (SSSR count). The highest BCUT2D eigenvalue weighted by atomic mass is 16.5. The molecule has 0 radical (unpaired) electrons. The summed E-state index contributed by atoms with van der Waals surface area (Å²) in [6.07, 6.45) is 5.12. The van der Waals surface area contributed by atoms with Gasteiger partial charge < -0.3 is 29.2 Å². The van der Waals surface area contributed by atoms with E-state index in [2.05, 4.69) is 73.0 Å². The quantitative estimate of drug-likeness (QED) is 0.133. The molecule has 2 aromatic carbocycles. The Balaban J connectivity index is 1.30. The van der Waals surface area contributed by atoms with Crippen molar-refractivity contribution in [3.8, 4) is 22.4 Å². The molecule has 5 atom stereocenters. The number of hydrogen-bond donors (Lipinski definition) is 2. The number of benzene rings is 2. The Kier molecular flexibility index (Phi) is 14.5. The van der Waals surface area contributed by atoms with Crippen LogP contribution in [0.3, 0.4) is 0 Å². The van der Waals surface area contributed by atoms with Crippen LogP contribution in [0.4, 0.5) is 0 Å². The number of carbonyl (C=O) groups excluding carboxylic acids is 5. The van der Waals surface area contributed by atoms with Crippen LogP contribution in [0.15, 0.2) is 67.4 Å². The van der Waals surface area contributed by atoms with Crippen molar-refractivity contribution in [2.75, 3.05) is 40.4 Å². The average molecular weight is 902 g/mol. The minimum absolute atomic E-state index is 0.135. The largest absolute Gasteiger partial charge is 0.464 e. The second-order valence-corrected chi connectivity index (χ2v) is 19.4. The monoisotopic (exact) mass is 902 g/mol. The summed E-state index contributed by atoms with van der Waals surface area (Å²) in [5.74, 6) is -2.56. The van der Waals surface area contributed by atoms with E-state index in [4.69, 9.17) is 14.5 Å². The van der Waals surface area contributed by atoms with Crippen LogP contribution in [0.25, 0.3) is 33.3 Å². The summed E-state index contributed by atoms with van der Waals surface area (Å²) in [7, 11) is 3.33. The van der Waals surface area contributed by atoms with Crippen molar-refractivity contribution in [3.63, 3.8) is 0 Å². The zero-order valence-electron chi connectivity index (χ0n) is 40.1. The zero-order chi connectivity index (χ0) is 47.6. The molecule has 66 heavy (non-hydrogen) atoms. The molecule has 0 aliphatic carbocycles. The number of cyclic esters (lactones) is 1. The molecule has 2 saturated heterocycles. The first-order valence-corrected chi connectivity index (χ1v) is 23.4. The van der Waals surface area contributed by atoms with Crippen LogP contribution < -0.4 is 10.7 Å². The normalized spacial score (nSPS) is 21.0. The fraction of sp³-hybridized carbons (Fsp3) is 0.500. The van der Waals surface area contributed by atoms with Crippen LogP contribution >= 0.6 is 0 Å². The fourth-order valence-electron chi connectivity index (χ4n) is 10.2. The molecule has 2 aromatic heterocycles. The maximum absolute atomic E-state index is 14.7. The number of ether oxygens (including phenoxy) is 2. The Morgan fingerprint density at radius 1 is 1.08 bits per heavy atom. The number of methoxy groups -OCH3 is 1. The molecule has 0 saturated carbocycles. The number of aryl methyl sites for hydroxylation is 2. The number of aromatic nitrogens is 2. The number of amides is 4. The van der Waals surface area contributed by atoms with Gasteiger partial charge in [0.05, 0.1) is 24.3 Å². The summed E-state index contributed by atoms with van der Waals surface area (Å²) in [5.41, 5.74) is 11.6. The number of rotatable bonds is 10. The van der Waals surface area contributed by atoms with Gasteiger partial charge in [-0.2, -0.15) is 0 Å². The highest BCUT2D eigenvalue weighted by Crippen LogP contribution is 2.43. The first-order chi connectivity index (χ1) is 31.5. The number of nitrogens with zero attached hydrogens (tertiary/aromatic N) is 5. The van der Waals surface area contributed by atoms with E-state index in [1.54, 1.807) is 19.1 Å². The molecule has 0 unspecified atom stereocenters. The van der Waals surface area contributed by atoms with Crippen LogP contribution in [0.1, 0.15) is 89.3 Å². The minimum atomic E-state index is -1.05. The maximum atomic E-state index is 14.7. The summed E-state index contributed by atoms with van der Waals surface area (Å²) in [6.45, 7) is 19.6. The van der Waals surface area contributed by atoms with Gasteiger partial charge in [0.2, 0.25) is 17.7 Å². The van der Waals surface area contributed by atoms with Crippen molar-refractivity contribution in [1.82, 2.24) is 35.1 Å². The van der Waals surface area contributed by atoms with E-state index >= 15 is 0 Å². The van der Waals surface area contributed by atoms with E-state index < -0.39 is 47.2 Å². The summed E-state index contributed by atoms with van der Waals surface area (Å²) in [6, 6.07) is 13.9. The van der Waals surface area contributed by atoms with Crippen LogP contribution in [-0.2, 0) is 52.8 Å². The molecule has 14 heteroatoms. The average Bonchev–Trinajstić information content (AvgIpc) is 3.92. The van der Waals surface area contributed by atoms with Gasteiger partial charge in [0.15, 0.2) is 0 Å². The molecule has 3 aliphatic heterocycles. The van der Waals surface area contributed by atoms with Crippen LogP contribution in [-0.4, -0.2) is 112 Å². The fourth-order valence-corrected chi connectivity index (χ4v) is 10.2. The Hall–Kier alpha value is -5.86. The Bertz CT molecular complexity index is 2510. The maximum Gasteiger partial charge on any atom is 0.324 e. The molecule has 2 fully saturated rings. The van der Waals surface area contributed by atoms with E-state index in [0.717, 1.165) is 55.7 Å². The molecule has 2 N–H and O–H groups in total. The van der Waals surface area contributed by atoms with Crippen molar-refractivity contribution in [2.45, 2.75) is 111 Å². The molecular weight excluding hydrogens is 835 g/mol. The highest BCUT2D eigenvalue weighted by molar-refractivity contribution is 5.96. The molecule has 4 aromatic rings. The number of carbonyl (C=O) groups is 5. The molecule has 6 bridgehead atoms. The molecule has 0 spiro atoms. The van der Waals surface area contributed by atoms with Crippen molar-refractivity contribution >= 4 is 40.5 Å². The van der Waals surface area contributed by atoms with E-state index in [1.807, 2.05) is 52.1 Å². The van der Waals surface area contributed by atoms with Gasteiger partial charge in [-0.25, -0.2) is 5.43 Å². The number of nitrogens with one attached hydrogen (secondary N) is 2. The van der Waals surface area contributed by atoms with Crippen molar-refractivity contribution in [3.05, 3.63) is 89.8 Å². The van der Waals surface area contributed by atoms with Gasteiger partial charge in [-0.05, 0) is 104 Å². The zero-order valence-corrected chi connectivity index (χ0v) is 40.1. The van der Waals surface area contributed by atoms with E-state index in [9.17, 15) is 24.0 Å². The third kappa shape index (κ3) is 9.81. The van der Waals surface area contributed by atoms with Crippen LogP contribution in [0.5, 0.6) is 0 Å². The predicted molar refractivity (Wildman–Crippen MR) is 255 cm³/mol. The van der Waals surface area contributed by atoms with Gasteiger partial charge in [-0.1, -0.05) is 64.6 Å². The first kappa shape index (κ1) is 48.1. The van der Waals surface area contributed by atoms with E-state index in [-0.39, 0.29) is 43.4 Å². The van der Waals surface area contributed by atoms with Gasteiger partial charge in [0.1, 0.15) is 18.1 Å². The second kappa shape index (κ2) is 19.9. The molecule has 3 aliphatic rings. The second-order valence-electron chi connectivity index (χ2n) is 19.4. The number of likely N-dealkylation sites (tertiary alicyclic amines) is 1. The molecule has 14 nitrogen and oxygen atoms in total. The molecule has 4 amide bonds. The number of hydrogen-bond acceptors (Lipinski definition) is 9. The summed E-state index contributed by atoms with van der Waals surface area (Å²) >= 11 is 0. The number of fused-ring (bicyclic) bond motifs is 6. The number of hydrazine groups is 1. The summed E-state index contributed by atoms with van der Waals surface area (Å²) < 4.78 is 14.4. The topological polar surface area (TPSA) is 155 Å². The lowest BCUT2D eigenvalue weighted by Crippen LogP contribution is -2.62. The van der Waals surface area contributed by atoms with Gasteiger partial charge in [0, 0.05) is 80.5 Å². The minimum Gasteiger partial charge on any atom is -0.464 e. The standard InChI is InChI=1S/C52H67N7O7/c1-11-44(60)57-24-21-37(29-57)49(62)56(9)46(31(3)4)48(61)54-42-26-34-15-13-16-35(25-34)36-18-19-43-39(27-36)40(47(58(43)12-2)45-32(5)53-22-20-38(45)33(6)65-10)28-52(7,8)30-66-51(64)41-17-14-23-59(55-41)50(42)63/h11,13,15-16,18-20,22,25,27,31,33,37,41-42,46,55H,1,12,14,17,21,23-24,26,28-30H2,2-10H3,(H,54,61)/t33-,37-,41-,42-,46-/m0/s1. The Morgan fingerprint density at radius 3 is 2.55 bits per heavy atom. The number of esters is 1. The van der Waals surface area contributed by atoms with Crippen molar-refractivity contribution in [2.24, 2.45) is 17.3 Å². The molecule has 5 heterocycles. The number of pyridine rings is 1. The smallest absolute Gasteiger partial charge is 0.324 e. The predicted octanol–water partition coefficient (Wildman–Crippen LogP) is 6.57.